The van der Waals surface area contributed by atoms with Gasteiger partial charge in [0.2, 0.25) is 0 Å². The number of nitrogens with zero attached hydrogens (tertiary/aromatic N) is 3. The highest BCUT2D eigenvalue weighted by molar-refractivity contribution is 6.04. The van der Waals surface area contributed by atoms with Gasteiger partial charge in [0.1, 0.15) is 23.9 Å². The van der Waals surface area contributed by atoms with Crippen molar-refractivity contribution in [3.05, 3.63) is 101 Å². The molecule has 0 unspecified atom stereocenters. The molecular formula is C28H27F2N3O4. The Morgan fingerprint density at radius 3 is 2.43 bits per heavy atom. The van der Waals surface area contributed by atoms with Crippen LogP contribution in [0.25, 0.3) is 0 Å². The third kappa shape index (κ3) is 5.83. The SMILES string of the molecule is COCCN(CC(=O)N1N=C(c2cccc(OC)c2)C[C@H]1c1ccccc1F)C(=O)c1ccccc1F. The molecule has 1 atom stereocenters. The molecule has 0 N–H and O–H groups in total. The number of hydrazone groups is 1. The molecule has 0 saturated heterocycles. The molecule has 0 spiro atoms. The predicted molar refractivity (Wildman–Crippen MR) is 134 cm³/mol. The van der Waals surface area contributed by atoms with E-state index in [0.29, 0.717) is 17.0 Å². The van der Waals surface area contributed by atoms with E-state index in [1.807, 2.05) is 6.07 Å². The molecule has 1 aliphatic heterocycles. The lowest BCUT2D eigenvalue weighted by atomic mass is 9.98. The average Bonchev–Trinajstić information content (AvgIpc) is 3.36. The molecule has 0 fully saturated rings. The second-order valence-electron chi connectivity index (χ2n) is 8.46. The van der Waals surface area contributed by atoms with Gasteiger partial charge in [0, 0.05) is 31.2 Å². The second kappa shape index (κ2) is 11.7. The molecule has 3 aromatic carbocycles. The summed E-state index contributed by atoms with van der Waals surface area (Å²) in [6.45, 7) is -0.195. The zero-order valence-electron chi connectivity index (χ0n) is 20.6. The standard InChI is InChI=1S/C28H27F2N3O4/c1-36-15-14-32(28(35)22-11-4-6-13-24(22)30)18-27(34)33-26(21-10-3-5-12-23(21)29)17-25(31-33)19-8-7-9-20(16-19)37-2/h3-13,16,26H,14-15,17-18H2,1-2H3/t26-/m0/s1. The van der Waals surface area contributed by atoms with Gasteiger partial charge in [0.25, 0.3) is 11.8 Å². The largest absolute Gasteiger partial charge is 0.497 e. The van der Waals surface area contributed by atoms with E-state index >= 15 is 0 Å². The molecule has 1 aliphatic rings. The Hall–Kier alpha value is -4.11. The van der Waals surface area contributed by atoms with Gasteiger partial charge in [-0.25, -0.2) is 13.8 Å². The van der Waals surface area contributed by atoms with Crippen LogP contribution in [0, 0.1) is 11.6 Å². The fourth-order valence-electron chi connectivity index (χ4n) is 4.20. The average molecular weight is 508 g/mol. The van der Waals surface area contributed by atoms with E-state index in [1.54, 1.807) is 49.6 Å². The van der Waals surface area contributed by atoms with Crippen LogP contribution in [0.1, 0.15) is 33.9 Å². The van der Waals surface area contributed by atoms with Crippen LogP contribution in [-0.4, -0.2) is 61.4 Å². The van der Waals surface area contributed by atoms with Gasteiger partial charge in [0.15, 0.2) is 0 Å². The summed E-state index contributed by atoms with van der Waals surface area (Å²) >= 11 is 0. The quantitative estimate of drug-likeness (QED) is 0.429. The summed E-state index contributed by atoms with van der Waals surface area (Å²) in [5.41, 5.74) is 1.46. The highest BCUT2D eigenvalue weighted by Gasteiger charge is 2.36. The first-order chi connectivity index (χ1) is 17.9. The Labute approximate surface area is 213 Å². The lowest BCUT2D eigenvalue weighted by molar-refractivity contribution is -0.133. The van der Waals surface area contributed by atoms with Crippen molar-refractivity contribution in [1.29, 1.82) is 0 Å². The fraction of sp³-hybridized carbons (Fsp3) is 0.250. The first-order valence-corrected chi connectivity index (χ1v) is 11.7. The number of hydrogen-bond acceptors (Lipinski definition) is 5. The number of rotatable bonds is 9. The van der Waals surface area contributed by atoms with E-state index in [0.717, 1.165) is 5.56 Å². The summed E-state index contributed by atoms with van der Waals surface area (Å²) in [5.74, 6) is -1.72. The van der Waals surface area contributed by atoms with Gasteiger partial charge in [-0.2, -0.15) is 5.10 Å². The van der Waals surface area contributed by atoms with Crippen molar-refractivity contribution in [2.75, 3.05) is 33.9 Å². The van der Waals surface area contributed by atoms with Gasteiger partial charge in [-0.05, 0) is 30.3 Å². The van der Waals surface area contributed by atoms with Crippen LogP contribution in [-0.2, 0) is 9.53 Å². The van der Waals surface area contributed by atoms with Gasteiger partial charge in [-0.1, -0.05) is 42.5 Å². The van der Waals surface area contributed by atoms with E-state index in [1.165, 1.54) is 41.3 Å². The third-order valence-corrected chi connectivity index (χ3v) is 6.12. The van der Waals surface area contributed by atoms with Crippen molar-refractivity contribution in [2.24, 2.45) is 5.10 Å². The summed E-state index contributed by atoms with van der Waals surface area (Å²) in [4.78, 5) is 27.9. The summed E-state index contributed by atoms with van der Waals surface area (Å²) < 4.78 is 39.6. The molecule has 0 aliphatic carbocycles. The molecule has 0 bridgehead atoms. The van der Waals surface area contributed by atoms with Crippen molar-refractivity contribution >= 4 is 17.5 Å². The van der Waals surface area contributed by atoms with Gasteiger partial charge in [0.05, 0.1) is 31.0 Å². The molecular weight excluding hydrogens is 480 g/mol. The third-order valence-electron chi connectivity index (χ3n) is 6.12. The zero-order valence-corrected chi connectivity index (χ0v) is 20.6. The van der Waals surface area contributed by atoms with E-state index in [2.05, 4.69) is 5.10 Å². The monoisotopic (exact) mass is 507 g/mol. The van der Waals surface area contributed by atoms with Crippen molar-refractivity contribution < 1.29 is 27.8 Å². The van der Waals surface area contributed by atoms with Crippen molar-refractivity contribution in [1.82, 2.24) is 9.91 Å². The van der Waals surface area contributed by atoms with E-state index in [4.69, 9.17) is 9.47 Å². The predicted octanol–water partition coefficient (Wildman–Crippen LogP) is 4.44. The number of hydrogen-bond donors (Lipinski definition) is 0. The van der Waals surface area contributed by atoms with E-state index in [-0.39, 0.29) is 25.1 Å². The van der Waals surface area contributed by atoms with E-state index < -0.39 is 36.0 Å². The molecule has 1 heterocycles. The summed E-state index contributed by atoms with van der Waals surface area (Å²) in [5, 5.41) is 5.76. The lowest BCUT2D eigenvalue weighted by Crippen LogP contribution is -2.43. The minimum absolute atomic E-state index is 0.0556. The second-order valence-corrected chi connectivity index (χ2v) is 8.46. The van der Waals surface area contributed by atoms with Crippen molar-refractivity contribution in [3.63, 3.8) is 0 Å². The van der Waals surface area contributed by atoms with Gasteiger partial charge in [-0.15, -0.1) is 0 Å². The number of carbonyl (C=O) groups excluding carboxylic acids is 2. The highest BCUT2D eigenvalue weighted by atomic mass is 19.1. The first-order valence-electron chi connectivity index (χ1n) is 11.7. The summed E-state index contributed by atoms with van der Waals surface area (Å²) in [6, 6.07) is 18.3. The number of amides is 2. The minimum Gasteiger partial charge on any atom is -0.497 e. The Balaban J connectivity index is 1.66. The normalized spacial score (nSPS) is 14.9. The van der Waals surface area contributed by atoms with Crippen LogP contribution in [0.5, 0.6) is 5.75 Å². The van der Waals surface area contributed by atoms with Gasteiger partial charge >= 0.3 is 0 Å². The van der Waals surface area contributed by atoms with Crippen molar-refractivity contribution in [3.8, 4) is 5.75 Å². The lowest BCUT2D eigenvalue weighted by Gasteiger charge is -2.27. The molecule has 2 amide bonds. The van der Waals surface area contributed by atoms with Crippen LogP contribution in [0.4, 0.5) is 8.78 Å². The Bertz CT molecular complexity index is 1310. The van der Waals surface area contributed by atoms with Gasteiger partial charge < -0.3 is 14.4 Å². The molecule has 37 heavy (non-hydrogen) atoms. The topological polar surface area (TPSA) is 71.4 Å². The molecule has 0 saturated carbocycles. The molecule has 9 heteroatoms. The van der Waals surface area contributed by atoms with Crippen molar-refractivity contribution in [2.45, 2.75) is 12.5 Å². The number of methoxy groups -OCH3 is 2. The molecule has 192 valence electrons. The van der Waals surface area contributed by atoms with Crippen LogP contribution in [0.3, 0.4) is 0 Å². The molecule has 0 radical (unpaired) electrons. The minimum atomic E-state index is -0.720. The maximum atomic E-state index is 14.8. The van der Waals surface area contributed by atoms with Crippen LogP contribution >= 0.6 is 0 Å². The molecule has 7 nitrogen and oxygen atoms in total. The summed E-state index contributed by atoms with van der Waals surface area (Å²) in [6.07, 6.45) is 0.263. The summed E-state index contributed by atoms with van der Waals surface area (Å²) in [7, 11) is 3.02. The Kier molecular flexibility index (Phi) is 8.25. The highest BCUT2D eigenvalue weighted by Crippen LogP contribution is 2.34. The Morgan fingerprint density at radius 2 is 1.73 bits per heavy atom. The number of halogens is 2. The Morgan fingerprint density at radius 1 is 1.00 bits per heavy atom. The van der Waals surface area contributed by atoms with E-state index in [9.17, 15) is 18.4 Å². The number of ether oxygens (including phenoxy) is 2. The number of benzene rings is 3. The number of carbonyl (C=O) groups is 2. The van der Waals surface area contributed by atoms with Gasteiger partial charge in [-0.3, -0.25) is 9.59 Å². The maximum Gasteiger partial charge on any atom is 0.262 e. The maximum absolute atomic E-state index is 14.8. The molecule has 4 rings (SSSR count). The smallest absolute Gasteiger partial charge is 0.262 e. The van der Waals surface area contributed by atoms with Crippen LogP contribution in [0.15, 0.2) is 77.9 Å². The first kappa shape index (κ1) is 26.0. The zero-order chi connectivity index (χ0) is 26.4. The van der Waals surface area contributed by atoms with Crippen LogP contribution in [0.2, 0.25) is 0 Å². The molecule has 0 aromatic heterocycles. The molecule has 3 aromatic rings. The van der Waals surface area contributed by atoms with Crippen LogP contribution < -0.4 is 4.74 Å². The fourth-order valence-corrected chi connectivity index (χ4v) is 4.20.